The van der Waals surface area contributed by atoms with Crippen LogP contribution in [0.1, 0.15) is 18.9 Å². The first-order valence-corrected chi connectivity index (χ1v) is 6.58. The zero-order chi connectivity index (χ0) is 13.5. The summed E-state index contributed by atoms with van der Waals surface area (Å²) in [6.07, 6.45) is 8.36. The van der Waals surface area contributed by atoms with Gasteiger partial charge in [-0.1, -0.05) is 0 Å². The lowest BCUT2D eigenvalue weighted by molar-refractivity contribution is 0.147. The summed E-state index contributed by atoms with van der Waals surface area (Å²) in [4.78, 5) is 8.53. The zero-order valence-corrected chi connectivity index (χ0v) is 11.5. The normalized spacial score (nSPS) is 10.6. The van der Waals surface area contributed by atoms with Gasteiger partial charge in [0, 0.05) is 38.3 Å². The maximum absolute atomic E-state index is 5.31. The summed E-state index contributed by atoms with van der Waals surface area (Å²) in [6, 6.07) is 2.08. The molecule has 5 heteroatoms. The summed E-state index contributed by atoms with van der Waals surface area (Å²) in [5, 5.41) is 3.31. The van der Waals surface area contributed by atoms with Gasteiger partial charge < -0.3 is 10.1 Å². The number of nitrogens with zero attached hydrogens (tertiary/aromatic N) is 3. The molecule has 2 aromatic rings. The Morgan fingerprint density at radius 2 is 2.26 bits per heavy atom. The van der Waals surface area contributed by atoms with Gasteiger partial charge in [0.2, 0.25) is 5.95 Å². The van der Waals surface area contributed by atoms with Crippen LogP contribution in [0.5, 0.6) is 0 Å². The third-order valence-electron chi connectivity index (χ3n) is 2.73. The quantitative estimate of drug-likeness (QED) is 0.777. The van der Waals surface area contributed by atoms with E-state index in [1.807, 2.05) is 37.0 Å². The van der Waals surface area contributed by atoms with E-state index in [1.165, 1.54) is 0 Å². The Morgan fingerprint density at radius 3 is 3.05 bits per heavy atom. The Kier molecular flexibility index (Phi) is 4.92. The number of hydrogen-bond donors (Lipinski definition) is 1. The van der Waals surface area contributed by atoms with Crippen LogP contribution >= 0.6 is 0 Å². The molecule has 0 saturated carbocycles. The van der Waals surface area contributed by atoms with Crippen molar-refractivity contribution in [1.29, 1.82) is 0 Å². The molecule has 0 bridgehead atoms. The number of aryl methyl sites for hydroxylation is 1. The van der Waals surface area contributed by atoms with Crippen molar-refractivity contribution >= 4 is 5.95 Å². The Hall–Kier alpha value is -1.88. The number of ether oxygens (including phenoxy) is 1. The molecule has 2 aromatic heterocycles. The second kappa shape index (κ2) is 6.89. The van der Waals surface area contributed by atoms with Crippen molar-refractivity contribution in [3.05, 3.63) is 36.4 Å². The number of nitrogens with one attached hydrogen (secondary N) is 1. The van der Waals surface area contributed by atoms with E-state index in [2.05, 4.69) is 21.4 Å². The van der Waals surface area contributed by atoms with Crippen LogP contribution in [0.4, 0.5) is 5.95 Å². The van der Waals surface area contributed by atoms with Gasteiger partial charge in [-0.15, -0.1) is 0 Å². The number of imidazole rings is 1. The van der Waals surface area contributed by atoms with Gasteiger partial charge in [0.25, 0.3) is 0 Å². The molecule has 0 fully saturated rings. The minimum Gasteiger partial charge on any atom is -0.382 e. The maximum atomic E-state index is 5.31. The number of aromatic nitrogens is 3. The van der Waals surface area contributed by atoms with Crippen LogP contribution in [-0.2, 0) is 4.74 Å². The summed E-state index contributed by atoms with van der Waals surface area (Å²) in [5.41, 5.74) is 2.15. The van der Waals surface area contributed by atoms with Gasteiger partial charge in [-0.05, 0) is 31.9 Å². The van der Waals surface area contributed by atoms with Crippen LogP contribution in [0.2, 0.25) is 0 Å². The molecule has 0 aliphatic heterocycles. The van der Waals surface area contributed by atoms with Crippen LogP contribution in [0.15, 0.2) is 30.9 Å². The van der Waals surface area contributed by atoms with Gasteiger partial charge in [0.1, 0.15) is 0 Å². The Balaban J connectivity index is 1.98. The van der Waals surface area contributed by atoms with Crippen molar-refractivity contribution in [2.45, 2.75) is 20.3 Å². The number of pyridine rings is 1. The molecule has 102 valence electrons. The standard InChI is InChI=1S/C14H20N4O/c1-3-19-8-4-5-16-14-17-6-7-18(14)13-9-12(2)10-15-11-13/h6-7,9-11H,3-5,8H2,1-2H3,(H,16,17). The molecule has 0 aliphatic carbocycles. The first-order valence-electron chi connectivity index (χ1n) is 6.58. The van der Waals surface area contributed by atoms with Crippen LogP contribution in [0, 0.1) is 6.92 Å². The smallest absolute Gasteiger partial charge is 0.207 e. The highest BCUT2D eigenvalue weighted by molar-refractivity contribution is 5.41. The predicted octanol–water partition coefficient (Wildman–Crippen LogP) is 2.41. The van der Waals surface area contributed by atoms with Crippen molar-refractivity contribution in [2.24, 2.45) is 0 Å². The Labute approximate surface area is 113 Å². The molecule has 0 radical (unpaired) electrons. The largest absolute Gasteiger partial charge is 0.382 e. The zero-order valence-electron chi connectivity index (χ0n) is 11.5. The molecule has 2 rings (SSSR count). The summed E-state index contributed by atoms with van der Waals surface area (Å²) in [6.45, 7) is 6.42. The summed E-state index contributed by atoms with van der Waals surface area (Å²) in [5.74, 6) is 0.837. The van der Waals surface area contributed by atoms with E-state index in [1.54, 1.807) is 6.20 Å². The lowest BCUT2D eigenvalue weighted by Crippen LogP contribution is -2.10. The fourth-order valence-electron chi connectivity index (χ4n) is 1.83. The van der Waals surface area contributed by atoms with E-state index in [4.69, 9.17) is 4.74 Å². The highest BCUT2D eigenvalue weighted by atomic mass is 16.5. The monoisotopic (exact) mass is 260 g/mol. The Morgan fingerprint density at radius 1 is 1.37 bits per heavy atom. The van der Waals surface area contributed by atoms with Crippen LogP contribution in [-0.4, -0.2) is 34.3 Å². The van der Waals surface area contributed by atoms with Gasteiger partial charge in [-0.25, -0.2) is 4.98 Å². The molecule has 0 saturated heterocycles. The number of rotatable bonds is 7. The second-order valence-corrected chi connectivity index (χ2v) is 4.32. The highest BCUT2D eigenvalue weighted by Gasteiger charge is 2.04. The molecule has 0 spiro atoms. The third kappa shape index (κ3) is 3.79. The summed E-state index contributed by atoms with van der Waals surface area (Å²) >= 11 is 0. The fourth-order valence-corrected chi connectivity index (χ4v) is 1.83. The second-order valence-electron chi connectivity index (χ2n) is 4.32. The van der Waals surface area contributed by atoms with E-state index in [0.717, 1.165) is 43.4 Å². The molecular weight excluding hydrogens is 240 g/mol. The molecule has 0 aliphatic rings. The molecule has 5 nitrogen and oxygen atoms in total. The maximum Gasteiger partial charge on any atom is 0.207 e. The van der Waals surface area contributed by atoms with E-state index in [9.17, 15) is 0 Å². The average Bonchev–Trinajstić information content (AvgIpc) is 2.87. The first-order chi connectivity index (χ1) is 9.31. The number of anilines is 1. The fraction of sp³-hybridized carbons (Fsp3) is 0.429. The van der Waals surface area contributed by atoms with Gasteiger partial charge >= 0.3 is 0 Å². The predicted molar refractivity (Wildman–Crippen MR) is 75.7 cm³/mol. The van der Waals surface area contributed by atoms with E-state index < -0.39 is 0 Å². The summed E-state index contributed by atoms with van der Waals surface area (Å²) in [7, 11) is 0. The lowest BCUT2D eigenvalue weighted by Gasteiger charge is -2.10. The van der Waals surface area contributed by atoms with Crippen molar-refractivity contribution in [1.82, 2.24) is 14.5 Å². The molecule has 19 heavy (non-hydrogen) atoms. The molecule has 0 aromatic carbocycles. The lowest BCUT2D eigenvalue weighted by atomic mass is 10.3. The Bertz CT molecular complexity index is 510. The van der Waals surface area contributed by atoms with Crippen molar-refractivity contribution in [3.63, 3.8) is 0 Å². The van der Waals surface area contributed by atoms with E-state index in [-0.39, 0.29) is 0 Å². The van der Waals surface area contributed by atoms with Gasteiger partial charge in [0.15, 0.2) is 0 Å². The molecule has 0 unspecified atom stereocenters. The van der Waals surface area contributed by atoms with Crippen molar-refractivity contribution in [3.8, 4) is 5.69 Å². The van der Waals surface area contributed by atoms with Gasteiger partial charge in [0.05, 0.1) is 11.9 Å². The number of hydrogen-bond acceptors (Lipinski definition) is 4. The molecule has 2 heterocycles. The van der Waals surface area contributed by atoms with Crippen molar-refractivity contribution in [2.75, 3.05) is 25.1 Å². The van der Waals surface area contributed by atoms with Crippen LogP contribution in [0.3, 0.4) is 0 Å². The third-order valence-corrected chi connectivity index (χ3v) is 2.73. The van der Waals surface area contributed by atoms with Crippen molar-refractivity contribution < 1.29 is 4.74 Å². The minimum absolute atomic E-state index is 0.767. The molecular formula is C14H20N4O. The SMILES string of the molecule is CCOCCCNc1nccn1-c1cncc(C)c1. The van der Waals surface area contributed by atoms with E-state index in [0.29, 0.717) is 0 Å². The summed E-state index contributed by atoms with van der Waals surface area (Å²) < 4.78 is 7.31. The molecule has 0 amide bonds. The molecule has 0 atom stereocenters. The van der Waals surface area contributed by atoms with Gasteiger partial charge in [-0.2, -0.15) is 0 Å². The van der Waals surface area contributed by atoms with Gasteiger partial charge in [-0.3, -0.25) is 9.55 Å². The first kappa shape index (κ1) is 13.5. The average molecular weight is 260 g/mol. The van der Waals surface area contributed by atoms with E-state index >= 15 is 0 Å². The molecule has 1 N–H and O–H groups in total. The highest BCUT2D eigenvalue weighted by Crippen LogP contribution is 2.14. The minimum atomic E-state index is 0.767. The van der Waals surface area contributed by atoms with Crippen LogP contribution in [0.25, 0.3) is 5.69 Å². The topological polar surface area (TPSA) is 52.0 Å². The van der Waals surface area contributed by atoms with Crippen LogP contribution < -0.4 is 5.32 Å².